The van der Waals surface area contributed by atoms with Gasteiger partial charge in [0, 0.05) is 13.1 Å². The van der Waals surface area contributed by atoms with Crippen LogP contribution in [0.4, 0.5) is 5.69 Å². The van der Waals surface area contributed by atoms with E-state index < -0.39 is 4.92 Å². The number of hydrogen-bond acceptors (Lipinski definition) is 5. The molecule has 2 aliphatic rings. The lowest BCUT2D eigenvalue weighted by molar-refractivity contribution is -0.385. The van der Waals surface area contributed by atoms with Gasteiger partial charge in [0.2, 0.25) is 0 Å². The van der Waals surface area contributed by atoms with Crippen LogP contribution in [0.15, 0.2) is 12.4 Å². The number of hydrogen-bond donors (Lipinski definition) is 0. The molecule has 0 N–H and O–H groups in total. The molecule has 3 rings (SSSR count). The predicted octanol–water partition coefficient (Wildman–Crippen LogP) is -0.167. The third-order valence-electron chi connectivity index (χ3n) is 2.88. The molecule has 2 unspecified atom stereocenters. The van der Waals surface area contributed by atoms with Crippen LogP contribution in [0.25, 0.3) is 0 Å². The van der Waals surface area contributed by atoms with E-state index in [2.05, 4.69) is 10.00 Å². The smallest absolute Gasteiger partial charge is 0.306 e. The van der Waals surface area contributed by atoms with E-state index in [9.17, 15) is 10.1 Å². The van der Waals surface area contributed by atoms with E-state index in [1.165, 1.54) is 12.4 Å². The normalized spacial score (nSPS) is 32.7. The molecule has 0 bridgehead atoms. The predicted molar refractivity (Wildman–Crippen MR) is 49.1 cm³/mol. The van der Waals surface area contributed by atoms with E-state index >= 15 is 0 Å². The molecule has 0 aromatic carbocycles. The Kier molecular flexibility index (Phi) is 1.63. The first-order valence-corrected chi connectivity index (χ1v) is 4.75. The van der Waals surface area contributed by atoms with Gasteiger partial charge in [0.15, 0.2) is 5.72 Å². The highest BCUT2D eigenvalue weighted by molar-refractivity contribution is 5.21. The van der Waals surface area contributed by atoms with Crippen LogP contribution < -0.4 is 0 Å². The Labute approximate surface area is 85.4 Å². The molecule has 15 heavy (non-hydrogen) atoms. The number of morpholine rings is 1. The lowest BCUT2D eigenvalue weighted by atomic mass is 10.4. The Hall–Kier alpha value is -1.47. The van der Waals surface area contributed by atoms with Crippen molar-refractivity contribution in [1.82, 2.24) is 14.7 Å². The molecule has 0 spiro atoms. The molecule has 80 valence electrons. The van der Waals surface area contributed by atoms with Gasteiger partial charge in [-0.1, -0.05) is 0 Å². The van der Waals surface area contributed by atoms with Crippen LogP contribution in [0, 0.1) is 10.1 Å². The standard InChI is InChI=1S/C8H10N4O3/c13-12(14)7-3-9-11(4-7)6-8-5-10(8)1-2-15-8/h3-4H,1-2,5-6H2. The van der Waals surface area contributed by atoms with Crippen molar-refractivity contribution >= 4 is 5.69 Å². The highest BCUT2D eigenvalue weighted by Crippen LogP contribution is 2.39. The molecule has 2 aliphatic heterocycles. The van der Waals surface area contributed by atoms with Crippen LogP contribution in [-0.2, 0) is 11.3 Å². The van der Waals surface area contributed by atoms with Crippen molar-refractivity contribution in [2.45, 2.75) is 12.3 Å². The van der Waals surface area contributed by atoms with Crippen LogP contribution in [0.1, 0.15) is 0 Å². The first kappa shape index (κ1) is 8.81. The molecule has 7 nitrogen and oxygen atoms in total. The Morgan fingerprint density at radius 3 is 3.13 bits per heavy atom. The molecular weight excluding hydrogens is 200 g/mol. The van der Waals surface area contributed by atoms with Gasteiger partial charge in [-0.2, -0.15) is 5.10 Å². The monoisotopic (exact) mass is 210 g/mol. The molecule has 0 aliphatic carbocycles. The first-order chi connectivity index (χ1) is 7.20. The van der Waals surface area contributed by atoms with Crippen LogP contribution in [0.2, 0.25) is 0 Å². The van der Waals surface area contributed by atoms with Crippen molar-refractivity contribution in [3.8, 4) is 0 Å². The third-order valence-corrected chi connectivity index (χ3v) is 2.88. The number of aromatic nitrogens is 2. The molecule has 1 aromatic heterocycles. The lowest BCUT2D eigenvalue weighted by Crippen LogP contribution is -2.23. The number of fused-ring (bicyclic) bond motifs is 1. The zero-order valence-corrected chi connectivity index (χ0v) is 8.00. The molecule has 0 radical (unpaired) electrons. The van der Waals surface area contributed by atoms with Gasteiger partial charge in [-0.15, -0.1) is 0 Å². The average Bonchev–Trinajstić information content (AvgIpc) is 2.63. The van der Waals surface area contributed by atoms with Crippen LogP contribution in [0.3, 0.4) is 0 Å². The van der Waals surface area contributed by atoms with Gasteiger partial charge in [-0.25, -0.2) is 0 Å². The highest BCUT2D eigenvalue weighted by Gasteiger charge is 2.57. The summed E-state index contributed by atoms with van der Waals surface area (Å²) in [4.78, 5) is 12.2. The fraction of sp³-hybridized carbons (Fsp3) is 0.625. The number of nitrogens with zero attached hydrogens (tertiary/aromatic N) is 4. The summed E-state index contributed by atoms with van der Waals surface area (Å²) in [6.45, 7) is 3.16. The van der Waals surface area contributed by atoms with E-state index in [4.69, 9.17) is 4.74 Å². The van der Waals surface area contributed by atoms with Crippen molar-refractivity contribution in [2.75, 3.05) is 19.7 Å². The van der Waals surface area contributed by atoms with Gasteiger partial charge in [0.05, 0.1) is 18.1 Å². The highest BCUT2D eigenvalue weighted by atomic mass is 16.6. The molecule has 1 aromatic rings. The molecule has 0 saturated carbocycles. The topological polar surface area (TPSA) is 73.2 Å². The van der Waals surface area contributed by atoms with Gasteiger partial charge in [-0.05, 0) is 0 Å². The van der Waals surface area contributed by atoms with Crippen LogP contribution >= 0.6 is 0 Å². The van der Waals surface area contributed by atoms with E-state index in [0.717, 1.165) is 19.7 Å². The Balaban J connectivity index is 1.75. The lowest BCUT2D eigenvalue weighted by Gasteiger charge is -2.09. The van der Waals surface area contributed by atoms with Crippen molar-refractivity contribution in [1.29, 1.82) is 0 Å². The average molecular weight is 210 g/mol. The summed E-state index contributed by atoms with van der Waals surface area (Å²) >= 11 is 0. The summed E-state index contributed by atoms with van der Waals surface area (Å²) in [5, 5.41) is 14.4. The SMILES string of the molecule is O=[N+]([O-])c1cnn(CC23CN2CCO3)c1. The third kappa shape index (κ3) is 1.31. The largest absolute Gasteiger partial charge is 0.356 e. The number of ether oxygens (including phenoxy) is 1. The first-order valence-electron chi connectivity index (χ1n) is 4.75. The zero-order valence-electron chi connectivity index (χ0n) is 8.00. The van der Waals surface area contributed by atoms with Crippen LogP contribution in [-0.4, -0.2) is 45.0 Å². The van der Waals surface area contributed by atoms with Crippen molar-refractivity contribution in [3.05, 3.63) is 22.5 Å². The number of nitro groups is 1. The fourth-order valence-corrected chi connectivity index (χ4v) is 2.01. The van der Waals surface area contributed by atoms with E-state index in [0.29, 0.717) is 6.54 Å². The Morgan fingerprint density at radius 2 is 2.60 bits per heavy atom. The van der Waals surface area contributed by atoms with Gasteiger partial charge in [0.1, 0.15) is 12.4 Å². The second kappa shape index (κ2) is 2.77. The minimum atomic E-state index is -0.443. The maximum Gasteiger partial charge on any atom is 0.306 e. The minimum Gasteiger partial charge on any atom is -0.356 e. The second-order valence-corrected chi connectivity index (χ2v) is 3.87. The van der Waals surface area contributed by atoms with Crippen LogP contribution in [0.5, 0.6) is 0 Å². The Bertz CT molecular complexity index is 418. The van der Waals surface area contributed by atoms with Gasteiger partial charge in [0.25, 0.3) is 0 Å². The maximum atomic E-state index is 10.5. The van der Waals surface area contributed by atoms with Gasteiger partial charge >= 0.3 is 5.69 Å². The van der Waals surface area contributed by atoms with E-state index in [1.807, 2.05) is 0 Å². The van der Waals surface area contributed by atoms with Crippen molar-refractivity contribution in [2.24, 2.45) is 0 Å². The minimum absolute atomic E-state index is 0.0246. The quantitative estimate of drug-likeness (QED) is 0.393. The molecule has 2 fully saturated rings. The van der Waals surface area contributed by atoms with Gasteiger partial charge < -0.3 is 4.74 Å². The Morgan fingerprint density at radius 1 is 1.73 bits per heavy atom. The fourth-order valence-electron chi connectivity index (χ4n) is 2.01. The maximum absolute atomic E-state index is 10.5. The van der Waals surface area contributed by atoms with Gasteiger partial charge in [-0.3, -0.25) is 19.7 Å². The molecule has 2 atom stereocenters. The molecule has 2 saturated heterocycles. The molecular formula is C8H10N4O3. The van der Waals surface area contributed by atoms with E-state index in [1.54, 1.807) is 4.68 Å². The summed E-state index contributed by atoms with van der Waals surface area (Å²) in [6, 6.07) is 0. The second-order valence-electron chi connectivity index (χ2n) is 3.87. The summed E-state index contributed by atoms with van der Waals surface area (Å²) in [5.41, 5.74) is -0.198. The summed E-state index contributed by atoms with van der Waals surface area (Å²) in [6.07, 6.45) is 2.70. The number of rotatable bonds is 3. The molecule has 0 amide bonds. The summed E-state index contributed by atoms with van der Waals surface area (Å²) < 4.78 is 7.16. The van der Waals surface area contributed by atoms with Crippen molar-refractivity contribution < 1.29 is 9.66 Å². The summed E-state index contributed by atoms with van der Waals surface area (Å²) in [5.74, 6) is 0. The van der Waals surface area contributed by atoms with E-state index in [-0.39, 0.29) is 11.4 Å². The molecule has 3 heterocycles. The van der Waals surface area contributed by atoms with Crippen molar-refractivity contribution in [3.63, 3.8) is 0 Å². The zero-order chi connectivity index (χ0) is 10.5. The summed E-state index contributed by atoms with van der Waals surface area (Å²) in [7, 11) is 0. The molecule has 7 heteroatoms.